The number of rotatable bonds is 6. The zero-order valence-electron chi connectivity index (χ0n) is 8.98. The van der Waals surface area contributed by atoms with Crippen LogP contribution in [0.25, 0.3) is 0 Å². The summed E-state index contributed by atoms with van der Waals surface area (Å²) in [5.41, 5.74) is 1.02. The van der Waals surface area contributed by atoms with Gasteiger partial charge in [-0.05, 0) is 24.7 Å². The fraction of sp³-hybridized carbons (Fsp3) is 0.636. The summed E-state index contributed by atoms with van der Waals surface area (Å²) in [7, 11) is 1.73. The van der Waals surface area contributed by atoms with Gasteiger partial charge in [0, 0.05) is 20.3 Å². The van der Waals surface area contributed by atoms with Crippen molar-refractivity contribution in [3.8, 4) is 0 Å². The lowest BCUT2D eigenvalue weighted by Gasteiger charge is -2.15. The Labute approximate surface area is 89.3 Å². The van der Waals surface area contributed by atoms with Gasteiger partial charge >= 0.3 is 0 Å². The molecule has 4 heteroatoms. The van der Waals surface area contributed by atoms with E-state index in [0.717, 1.165) is 25.9 Å². The number of ether oxygens (including phenoxy) is 1. The first-order valence-corrected chi connectivity index (χ1v) is 5.24. The molecule has 0 bridgehead atoms. The number of imidazole rings is 1. The van der Waals surface area contributed by atoms with Gasteiger partial charge in [-0.2, -0.15) is 0 Å². The van der Waals surface area contributed by atoms with Crippen molar-refractivity contribution in [2.24, 2.45) is 5.41 Å². The number of nitrogens with zero attached hydrogens (tertiary/aromatic N) is 2. The molecule has 1 aromatic rings. The Bertz CT molecular complexity index is 342. The van der Waals surface area contributed by atoms with Crippen molar-refractivity contribution in [3.05, 3.63) is 18.2 Å². The molecule has 1 aliphatic rings. The molecule has 0 N–H and O–H groups in total. The monoisotopic (exact) mass is 208 g/mol. The molecule has 15 heavy (non-hydrogen) atoms. The second-order valence-electron chi connectivity index (χ2n) is 4.31. The Balaban J connectivity index is 1.99. The van der Waals surface area contributed by atoms with Crippen LogP contribution in [0.4, 0.5) is 0 Å². The number of aromatic nitrogens is 2. The summed E-state index contributed by atoms with van der Waals surface area (Å²) in [4.78, 5) is 14.7. The van der Waals surface area contributed by atoms with Crippen LogP contribution in [0.2, 0.25) is 0 Å². The third-order valence-electron chi connectivity index (χ3n) is 3.16. The van der Waals surface area contributed by atoms with E-state index in [1.54, 1.807) is 19.6 Å². The first kappa shape index (κ1) is 10.4. The Kier molecular flexibility index (Phi) is 2.86. The molecule has 1 heterocycles. The molecule has 0 saturated heterocycles. The molecule has 0 atom stereocenters. The molecule has 1 saturated carbocycles. The number of carbonyl (C=O) groups is 1. The topological polar surface area (TPSA) is 44.1 Å². The van der Waals surface area contributed by atoms with Gasteiger partial charge in [0.2, 0.25) is 0 Å². The van der Waals surface area contributed by atoms with Crippen molar-refractivity contribution in [3.63, 3.8) is 0 Å². The van der Waals surface area contributed by atoms with Gasteiger partial charge in [-0.25, -0.2) is 4.98 Å². The van der Waals surface area contributed by atoms with E-state index in [4.69, 9.17) is 4.74 Å². The zero-order valence-corrected chi connectivity index (χ0v) is 8.98. The Morgan fingerprint density at radius 2 is 2.47 bits per heavy atom. The molecule has 0 amide bonds. The summed E-state index contributed by atoms with van der Waals surface area (Å²) in [6.45, 7) is 1.69. The van der Waals surface area contributed by atoms with E-state index in [1.807, 2.05) is 4.57 Å². The maximum atomic E-state index is 10.7. The van der Waals surface area contributed by atoms with Crippen LogP contribution in [0.1, 0.15) is 29.8 Å². The van der Waals surface area contributed by atoms with Crippen molar-refractivity contribution < 1.29 is 9.53 Å². The normalized spacial score (nSPS) is 17.7. The maximum absolute atomic E-state index is 10.7. The van der Waals surface area contributed by atoms with E-state index in [1.165, 1.54) is 12.8 Å². The summed E-state index contributed by atoms with van der Waals surface area (Å²) in [6, 6.07) is 0. The van der Waals surface area contributed by atoms with Crippen LogP contribution < -0.4 is 0 Å². The first-order chi connectivity index (χ1) is 7.29. The molecule has 0 aliphatic heterocycles. The van der Waals surface area contributed by atoms with Crippen molar-refractivity contribution in [2.45, 2.75) is 25.8 Å². The lowest BCUT2D eigenvalue weighted by Crippen LogP contribution is -2.15. The molecule has 1 aromatic heterocycles. The molecule has 4 nitrogen and oxygen atoms in total. The fourth-order valence-corrected chi connectivity index (χ4v) is 1.91. The van der Waals surface area contributed by atoms with Gasteiger partial charge in [-0.1, -0.05) is 0 Å². The van der Waals surface area contributed by atoms with E-state index in [-0.39, 0.29) is 0 Å². The summed E-state index contributed by atoms with van der Waals surface area (Å²) in [6.07, 6.45) is 7.73. The van der Waals surface area contributed by atoms with Crippen LogP contribution in [0, 0.1) is 5.41 Å². The predicted molar refractivity (Wildman–Crippen MR) is 55.8 cm³/mol. The van der Waals surface area contributed by atoms with E-state index < -0.39 is 0 Å². The average molecular weight is 208 g/mol. The largest absolute Gasteiger partial charge is 0.385 e. The van der Waals surface area contributed by atoms with Crippen LogP contribution in [-0.2, 0) is 11.3 Å². The predicted octanol–water partition coefficient (Wildman–Crippen LogP) is 1.51. The lowest BCUT2D eigenvalue weighted by atomic mass is 10.0. The number of hydrogen-bond donors (Lipinski definition) is 0. The third kappa shape index (κ3) is 2.26. The second kappa shape index (κ2) is 4.14. The Morgan fingerprint density at radius 1 is 1.67 bits per heavy atom. The molecule has 0 unspecified atom stereocenters. The smallest absolute Gasteiger partial charge is 0.168 e. The Hall–Kier alpha value is -1.16. The van der Waals surface area contributed by atoms with Crippen molar-refractivity contribution >= 4 is 6.29 Å². The SMILES string of the molecule is COCCC1(Cn2cncc2C=O)CC1. The summed E-state index contributed by atoms with van der Waals surface area (Å²) >= 11 is 0. The second-order valence-corrected chi connectivity index (χ2v) is 4.31. The zero-order chi connectivity index (χ0) is 10.7. The molecular formula is C11H16N2O2. The first-order valence-electron chi connectivity index (χ1n) is 5.24. The van der Waals surface area contributed by atoms with Gasteiger partial charge in [0.15, 0.2) is 6.29 Å². The van der Waals surface area contributed by atoms with Crippen LogP contribution >= 0.6 is 0 Å². The van der Waals surface area contributed by atoms with Crippen LogP contribution in [0.3, 0.4) is 0 Å². The van der Waals surface area contributed by atoms with Gasteiger partial charge in [0.25, 0.3) is 0 Å². The van der Waals surface area contributed by atoms with Gasteiger partial charge < -0.3 is 9.30 Å². The minimum atomic E-state index is 0.356. The molecular weight excluding hydrogens is 192 g/mol. The molecule has 1 aliphatic carbocycles. The molecule has 0 spiro atoms. The molecule has 1 fully saturated rings. The van der Waals surface area contributed by atoms with Crippen LogP contribution in [-0.4, -0.2) is 29.6 Å². The van der Waals surface area contributed by atoms with Gasteiger partial charge in [0.05, 0.1) is 12.5 Å². The van der Waals surface area contributed by atoms with Crippen molar-refractivity contribution in [1.29, 1.82) is 0 Å². The molecule has 0 aromatic carbocycles. The highest BCUT2D eigenvalue weighted by molar-refractivity contribution is 5.71. The standard InChI is InChI=1S/C11H16N2O2/c1-15-5-4-11(2-3-11)8-13-9-12-6-10(13)7-14/h6-7,9H,2-5,8H2,1H3. The molecule has 82 valence electrons. The number of carbonyl (C=O) groups excluding carboxylic acids is 1. The van der Waals surface area contributed by atoms with Crippen LogP contribution in [0.5, 0.6) is 0 Å². The van der Waals surface area contributed by atoms with Crippen LogP contribution in [0.15, 0.2) is 12.5 Å². The highest BCUT2D eigenvalue weighted by Gasteiger charge is 2.42. The minimum Gasteiger partial charge on any atom is -0.385 e. The lowest BCUT2D eigenvalue weighted by molar-refractivity contribution is 0.111. The number of methoxy groups -OCH3 is 1. The molecule has 2 rings (SSSR count). The summed E-state index contributed by atoms with van der Waals surface area (Å²) in [5, 5.41) is 0. The van der Waals surface area contributed by atoms with E-state index in [2.05, 4.69) is 4.98 Å². The van der Waals surface area contributed by atoms with Crippen molar-refractivity contribution in [2.75, 3.05) is 13.7 Å². The highest BCUT2D eigenvalue weighted by Crippen LogP contribution is 2.50. The number of hydrogen-bond acceptors (Lipinski definition) is 3. The fourth-order valence-electron chi connectivity index (χ4n) is 1.91. The van der Waals surface area contributed by atoms with Gasteiger partial charge in [-0.15, -0.1) is 0 Å². The van der Waals surface area contributed by atoms with E-state index >= 15 is 0 Å². The Morgan fingerprint density at radius 3 is 3.07 bits per heavy atom. The average Bonchev–Trinajstić information content (AvgIpc) is 2.86. The molecule has 0 radical (unpaired) electrons. The number of aldehydes is 1. The highest BCUT2D eigenvalue weighted by atomic mass is 16.5. The van der Waals surface area contributed by atoms with Crippen molar-refractivity contribution in [1.82, 2.24) is 9.55 Å². The quantitative estimate of drug-likeness (QED) is 0.666. The minimum absolute atomic E-state index is 0.356. The van der Waals surface area contributed by atoms with E-state index in [9.17, 15) is 4.79 Å². The maximum Gasteiger partial charge on any atom is 0.168 e. The summed E-state index contributed by atoms with van der Waals surface area (Å²) in [5.74, 6) is 0. The summed E-state index contributed by atoms with van der Waals surface area (Å²) < 4.78 is 7.04. The van der Waals surface area contributed by atoms with Gasteiger partial charge in [-0.3, -0.25) is 4.79 Å². The van der Waals surface area contributed by atoms with E-state index in [0.29, 0.717) is 11.1 Å². The van der Waals surface area contributed by atoms with Gasteiger partial charge in [0.1, 0.15) is 5.69 Å². The third-order valence-corrected chi connectivity index (χ3v) is 3.16.